The maximum absolute atomic E-state index is 5.95. The molecule has 0 heterocycles. The van der Waals surface area contributed by atoms with Crippen LogP contribution in [0, 0.1) is 6.92 Å². The molecule has 0 aliphatic carbocycles. The second kappa shape index (κ2) is 6.64. The smallest absolute Gasteiger partial charge is 0.125 e. The maximum Gasteiger partial charge on any atom is 0.125 e. The lowest BCUT2D eigenvalue weighted by Crippen LogP contribution is -2.04. The molecule has 2 rings (SSSR count). The van der Waals surface area contributed by atoms with Crippen molar-refractivity contribution in [1.82, 2.24) is 0 Å². The molecule has 0 aliphatic rings. The Labute approximate surface area is 124 Å². The molecule has 0 amide bonds. The van der Waals surface area contributed by atoms with Gasteiger partial charge < -0.3 is 15.2 Å². The number of benzene rings is 2. The van der Waals surface area contributed by atoms with E-state index in [0.717, 1.165) is 22.6 Å². The largest absolute Gasteiger partial charge is 0.496 e. The fourth-order valence-corrected chi connectivity index (χ4v) is 2.22. The summed E-state index contributed by atoms with van der Waals surface area (Å²) in [6, 6.07) is 11.5. The van der Waals surface area contributed by atoms with Crippen LogP contribution in [0.25, 0.3) is 0 Å². The Bertz CT molecular complexity index is 599. The Morgan fingerprint density at radius 3 is 2.50 bits per heavy atom. The molecule has 4 heteroatoms. The molecular weight excluding hydrogens is 274 g/mol. The van der Waals surface area contributed by atoms with Crippen LogP contribution in [0.2, 0.25) is 5.02 Å². The van der Waals surface area contributed by atoms with Gasteiger partial charge in [0.15, 0.2) is 0 Å². The molecule has 0 saturated carbocycles. The first-order valence-corrected chi connectivity index (χ1v) is 6.76. The van der Waals surface area contributed by atoms with E-state index in [-0.39, 0.29) is 0 Å². The van der Waals surface area contributed by atoms with E-state index < -0.39 is 0 Å². The van der Waals surface area contributed by atoms with Crippen LogP contribution in [0.3, 0.4) is 0 Å². The highest BCUT2D eigenvalue weighted by atomic mass is 35.5. The van der Waals surface area contributed by atoms with E-state index in [2.05, 4.69) is 6.07 Å². The summed E-state index contributed by atoms with van der Waals surface area (Å²) in [5.74, 6) is 1.57. The number of methoxy groups -OCH3 is 1. The van der Waals surface area contributed by atoms with Gasteiger partial charge in [-0.2, -0.15) is 0 Å². The van der Waals surface area contributed by atoms with Crippen molar-refractivity contribution in [2.45, 2.75) is 20.1 Å². The van der Waals surface area contributed by atoms with Gasteiger partial charge in [-0.05, 0) is 37.3 Å². The van der Waals surface area contributed by atoms with E-state index in [0.29, 0.717) is 18.2 Å². The van der Waals surface area contributed by atoms with Crippen LogP contribution >= 0.6 is 11.6 Å². The predicted octanol–water partition coefficient (Wildman–Crippen LogP) is 3.69. The number of hydrogen-bond donors (Lipinski definition) is 1. The summed E-state index contributed by atoms with van der Waals surface area (Å²) in [5, 5.41) is 0.658. The molecule has 106 valence electrons. The quantitative estimate of drug-likeness (QED) is 0.913. The van der Waals surface area contributed by atoms with E-state index >= 15 is 0 Å². The van der Waals surface area contributed by atoms with Crippen LogP contribution in [-0.2, 0) is 13.2 Å². The van der Waals surface area contributed by atoms with Crippen molar-refractivity contribution in [3.8, 4) is 11.5 Å². The topological polar surface area (TPSA) is 44.5 Å². The number of rotatable bonds is 5. The van der Waals surface area contributed by atoms with Crippen molar-refractivity contribution in [3.63, 3.8) is 0 Å². The zero-order valence-corrected chi connectivity index (χ0v) is 12.4. The number of halogens is 1. The lowest BCUT2D eigenvalue weighted by Gasteiger charge is -2.13. The van der Waals surface area contributed by atoms with Gasteiger partial charge in [-0.3, -0.25) is 0 Å². The molecule has 2 aromatic rings. The summed E-state index contributed by atoms with van der Waals surface area (Å²) in [6.45, 7) is 2.86. The number of nitrogens with two attached hydrogens (primary N) is 1. The van der Waals surface area contributed by atoms with E-state index in [4.69, 9.17) is 26.8 Å². The van der Waals surface area contributed by atoms with Gasteiger partial charge in [0, 0.05) is 22.7 Å². The molecule has 0 atom stereocenters. The fraction of sp³-hybridized carbons (Fsp3) is 0.250. The monoisotopic (exact) mass is 291 g/mol. The van der Waals surface area contributed by atoms with E-state index in [1.807, 2.05) is 31.2 Å². The minimum Gasteiger partial charge on any atom is -0.496 e. The number of ether oxygens (including phenoxy) is 2. The van der Waals surface area contributed by atoms with E-state index in [9.17, 15) is 0 Å². The van der Waals surface area contributed by atoms with E-state index in [1.54, 1.807) is 13.2 Å². The highest BCUT2D eigenvalue weighted by molar-refractivity contribution is 6.30. The zero-order chi connectivity index (χ0) is 14.5. The maximum atomic E-state index is 5.95. The Morgan fingerprint density at radius 2 is 1.80 bits per heavy atom. The SMILES string of the molecule is COc1ccc(C)cc1COc1ccc(Cl)cc1CN. The van der Waals surface area contributed by atoms with Gasteiger partial charge in [0.05, 0.1) is 7.11 Å². The lowest BCUT2D eigenvalue weighted by atomic mass is 10.1. The summed E-state index contributed by atoms with van der Waals surface area (Å²) in [6.07, 6.45) is 0. The second-order valence-corrected chi connectivity index (χ2v) is 5.00. The number of hydrogen-bond acceptors (Lipinski definition) is 3. The zero-order valence-electron chi connectivity index (χ0n) is 11.7. The molecule has 0 aromatic heterocycles. The Kier molecular flexibility index (Phi) is 4.88. The first-order valence-electron chi connectivity index (χ1n) is 6.39. The molecule has 0 saturated heterocycles. The molecule has 20 heavy (non-hydrogen) atoms. The average Bonchev–Trinajstić information content (AvgIpc) is 2.46. The number of aryl methyl sites for hydroxylation is 1. The highest BCUT2D eigenvalue weighted by Gasteiger charge is 2.07. The van der Waals surface area contributed by atoms with Crippen molar-refractivity contribution in [2.75, 3.05) is 7.11 Å². The van der Waals surface area contributed by atoms with Crippen molar-refractivity contribution in [3.05, 3.63) is 58.1 Å². The molecule has 2 aromatic carbocycles. The first-order chi connectivity index (χ1) is 9.63. The first kappa shape index (κ1) is 14.7. The van der Waals surface area contributed by atoms with Crippen LogP contribution in [0.5, 0.6) is 11.5 Å². The van der Waals surface area contributed by atoms with Crippen molar-refractivity contribution < 1.29 is 9.47 Å². The van der Waals surface area contributed by atoms with Gasteiger partial charge in [0.25, 0.3) is 0 Å². The third kappa shape index (κ3) is 3.44. The summed E-state index contributed by atoms with van der Waals surface area (Å²) in [4.78, 5) is 0. The average molecular weight is 292 g/mol. The molecule has 2 N–H and O–H groups in total. The summed E-state index contributed by atoms with van der Waals surface area (Å²) < 4.78 is 11.2. The standard InChI is InChI=1S/C16H18ClNO2/c1-11-3-5-15(19-2)13(7-11)10-20-16-6-4-14(17)8-12(16)9-18/h3-8H,9-10,18H2,1-2H3. The lowest BCUT2D eigenvalue weighted by molar-refractivity contribution is 0.294. The van der Waals surface area contributed by atoms with Crippen LogP contribution in [0.15, 0.2) is 36.4 Å². The van der Waals surface area contributed by atoms with E-state index in [1.165, 1.54) is 5.56 Å². The summed E-state index contributed by atoms with van der Waals surface area (Å²) in [5.41, 5.74) is 8.77. The van der Waals surface area contributed by atoms with Gasteiger partial charge >= 0.3 is 0 Å². The van der Waals surface area contributed by atoms with Crippen LogP contribution in [0.1, 0.15) is 16.7 Å². The van der Waals surface area contributed by atoms with Gasteiger partial charge in [0.2, 0.25) is 0 Å². The molecule has 0 bridgehead atoms. The third-order valence-corrected chi connectivity index (χ3v) is 3.30. The fourth-order valence-electron chi connectivity index (χ4n) is 2.02. The molecule has 0 spiro atoms. The molecule has 0 radical (unpaired) electrons. The minimum atomic E-state index is 0.390. The Balaban J connectivity index is 2.18. The van der Waals surface area contributed by atoms with Crippen molar-refractivity contribution in [2.24, 2.45) is 5.73 Å². The van der Waals surface area contributed by atoms with Crippen LogP contribution in [0.4, 0.5) is 0 Å². The Morgan fingerprint density at radius 1 is 1.05 bits per heavy atom. The van der Waals surface area contributed by atoms with Gasteiger partial charge in [0.1, 0.15) is 18.1 Å². The van der Waals surface area contributed by atoms with Crippen molar-refractivity contribution in [1.29, 1.82) is 0 Å². The van der Waals surface area contributed by atoms with Gasteiger partial charge in [-0.25, -0.2) is 0 Å². The predicted molar refractivity (Wildman–Crippen MR) is 81.4 cm³/mol. The summed E-state index contributed by atoms with van der Waals surface area (Å²) >= 11 is 5.95. The molecule has 0 aliphatic heterocycles. The minimum absolute atomic E-state index is 0.390. The molecule has 3 nitrogen and oxygen atoms in total. The van der Waals surface area contributed by atoms with Crippen LogP contribution in [-0.4, -0.2) is 7.11 Å². The molecule has 0 unspecified atom stereocenters. The van der Waals surface area contributed by atoms with Gasteiger partial charge in [-0.1, -0.05) is 23.2 Å². The van der Waals surface area contributed by atoms with Crippen LogP contribution < -0.4 is 15.2 Å². The molecular formula is C16H18ClNO2. The van der Waals surface area contributed by atoms with Gasteiger partial charge in [-0.15, -0.1) is 0 Å². The second-order valence-electron chi connectivity index (χ2n) is 4.56. The third-order valence-electron chi connectivity index (χ3n) is 3.06. The highest BCUT2D eigenvalue weighted by Crippen LogP contribution is 2.26. The Hall–Kier alpha value is -1.71. The van der Waals surface area contributed by atoms with Crippen molar-refractivity contribution >= 4 is 11.6 Å². The molecule has 0 fully saturated rings. The summed E-state index contributed by atoms with van der Waals surface area (Å²) in [7, 11) is 1.65. The normalized spacial score (nSPS) is 10.4.